The zero-order chi connectivity index (χ0) is 21.2. The van der Waals surface area contributed by atoms with Crippen molar-refractivity contribution in [2.45, 2.75) is 51.9 Å². The van der Waals surface area contributed by atoms with Crippen LogP contribution in [0.4, 0.5) is 11.4 Å². The van der Waals surface area contributed by atoms with Gasteiger partial charge in [0, 0.05) is 18.7 Å². The summed E-state index contributed by atoms with van der Waals surface area (Å²) in [5.41, 5.74) is 3.86. The van der Waals surface area contributed by atoms with Gasteiger partial charge in [-0.3, -0.25) is 9.52 Å². The monoisotopic (exact) mass is 416 g/mol. The van der Waals surface area contributed by atoms with Crippen LogP contribution in [0, 0.1) is 13.8 Å². The van der Waals surface area contributed by atoms with Gasteiger partial charge in [0.15, 0.2) is 0 Å². The number of carbonyl (C=O) groups is 1. The van der Waals surface area contributed by atoms with E-state index >= 15 is 0 Å². The van der Waals surface area contributed by atoms with Crippen molar-refractivity contribution in [1.29, 1.82) is 0 Å². The molecule has 0 fully saturated rings. The van der Waals surface area contributed by atoms with Gasteiger partial charge in [-0.2, -0.15) is 0 Å². The van der Waals surface area contributed by atoms with Crippen LogP contribution in [-0.2, 0) is 21.2 Å². The number of anilines is 2. The van der Waals surface area contributed by atoms with Crippen LogP contribution in [0.1, 0.15) is 43.4 Å². The molecule has 29 heavy (non-hydrogen) atoms. The first-order chi connectivity index (χ1) is 13.8. The molecule has 0 aliphatic carbocycles. The third-order valence-electron chi connectivity index (χ3n) is 5.09. The Kier molecular flexibility index (Phi) is 6.17. The molecule has 0 spiro atoms. The number of sulfonamides is 1. The molecule has 6 nitrogen and oxygen atoms in total. The maximum Gasteiger partial charge on any atom is 0.261 e. The maximum atomic E-state index is 13.0. The van der Waals surface area contributed by atoms with Gasteiger partial charge in [-0.25, -0.2) is 8.42 Å². The van der Waals surface area contributed by atoms with E-state index in [1.807, 2.05) is 33.8 Å². The second-order valence-electron chi connectivity index (χ2n) is 7.27. The molecule has 3 rings (SSSR count). The molecule has 156 valence electrons. The van der Waals surface area contributed by atoms with Gasteiger partial charge >= 0.3 is 0 Å². The van der Waals surface area contributed by atoms with E-state index in [0.29, 0.717) is 31.0 Å². The molecule has 1 N–H and O–H groups in total. The molecular formula is C22H28N2O4S. The van der Waals surface area contributed by atoms with Crippen LogP contribution in [0.5, 0.6) is 5.75 Å². The molecular weight excluding hydrogens is 388 g/mol. The molecule has 0 unspecified atom stereocenters. The number of amides is 1. The maximum absolute atomic E-state index is 13.0. The van der Waals surface area contributed by atoms with Crippen molar-refractivity contribution in [1.82, 2.24) is 0 Å². The molecule has 0 bridgehead atoms. The lowest BCUT2D eigenvalue weighted by Gasteiger charge is -2.30. The molecule has 0 aromatic heterocycles. The van der Waals surface area contributed by atoms with Crippen LogP contribution in [0.15, 0.2) is 35.2 Å². The molecule has 2 aromatic carbocycles. The minimum Gasteiger partial charge on any atom is -0.493 e. The summed E-state index contributed by atoms with van der Waals surface area (Å²) in [5, 5.41) is 0. The molecule has 2 aromatic rings. The predicted octanol–water partition coefficient (Wildman–Crippen LogP) is 4.19. The first-order valence-electron chi connectivity index (χ1n) is 9.97. The average Bonchev–Trinajstić information content (AvgIpc) is 2.69. The number of hydrogen-bond donors (Lipinski definition) is 1. The minimum atomic E-state index is -3.77. The van der Waals surface area contributed by atoms with E-state index in [1.165, 1.54) is 0 Å². The summed E-state index contributed by atoms with van der Waals surface area (Å²) in [7, 11) is -3.77. The normalized spacial score (nSPS) is 13.7. The largest absolute Gasteiger partial charge is 0.493 e. The van der Waals surface area contributed by atoms with Gasteiger partial charge in [0.2, 0.25) is 5.91 Å². The summed E-state index contributed by atoms with van der Waals surface area (Å²) < 4.78 is 34.2. The molecule has 1 aliphatic rings. The summed E-state index contributed by atoms with van der Waals surface area (Å²) in [5.74, 6) is 0.762. The summed E-state index contributed by atoms with van der Waals surface area (Å²) in [4.78, 5) is 14.2. The van der Waals surface area contributed by atoms with Gasteiger partial charge in [-0.1, -0.05) is 13.0 Å². The van der Waals surface area contributed by atoms with Crippen LogP contribution in [0.25, 0.3) is 0 Å². The van der Waals surface area contributed by atoms with Gasteiger partial charge in [0.05, 0.1) is 17.2 Å². The summed E-state index contributed by atoms with van der Waals surface area (Å²) in [6.07, 6.45) is 2.21. The Labute approximate surface area is 172 Å². The molecule has 0 radical (unpaired) electrons. The number of ether oxygens (including phenoxy) is 1. The van der Waals surface area contributed by atoms with Crippen molar-refractivity contribution in [3.05, 3.63) is 47.0 Å². The molecule has 0 atom stereocenters. The van der Waals surface area contributed by atoms with Crippen molar-refractivity contribution < 1.29 is 17.9 Å². The number of nitrogens with one attached hydrogen (secondary N) is 1. The highest BCUT2D eigenvalue weighted by Crippen LogP contribution is 2.32. The second kappa shape index (κ2) is 8.45. The molecule has 1 heterocycles. The van der Waals surface area contributed by atoms with Crippen LogP contribution in [-0.4, -0.2) is 27.5 Å². The third kappa shape index (κ3) is 4.40. The Hall–Kier alpha value is -2.54. The zero-order valence-electron chi connectivity index (χ0n) is 17.4. The summed E-state index contributed by atoms with van der Waals surface area (Å²) in [6.45, 7) is 8.59. The van der Waals surface area contributed by atoms with Crippen molar-refractivity contribution in [2.24, 2.45) is 0 Å². The predicted molar refractivity (Wildman–Crippen MR) is 115 cm³/mol. The standard InChI is InChI=1S/C22H28N2O4S/c1-5-21(25)24-11-7-8-17-9-10-18(14-20(17)24)23-29(26,27)19-12-15(3)22(28-6-2)16(4)13-19/h9-10,12-14,23H,5-8,11H2,1-4H3. The van der Waals surface area contributed by atoms with Crippen LogP contribution < -0.4 is 14.4 Å². The van der Waals surface area contributed by atoms with E-state index in [9.17, 15) is 13.2 Å². The Morgan fingerprint density at radius 2 is 1.83 bits per heavy atom. The van der Waals surface area contributed by atoms with E-state index in [2.05, 4.69) is 4.72 Å². The fraction of sp³-hybridized carbons (Fsp3) is 0.409. The number of fused-ring (bicyclic) bond motifs is 1. The Morgan fingerprint density at radius 1 is 1.14 bits per heavy atom. The lowest BCUT2D eigenvalue weighted by molar-refractivity contribution is -0.118. The van der Waals surface area contributed by atoms with Gasteiger partial charge < -0.3 is 9.64 Å². The topological polar surface area (TPSA) is 75.7 Å². The lowest BCUT2D eigenvalue weighted by Crippen LogP contribution is -2.35. The SMILES string of the molecule is CCOc1c(C)cc(S(=O)(=O)Nc2ccc3c(c2)N(C(=O)CC)CCC3)cc1C. The van der Waals surface area contributed by atoms with E-state index < -0.39 is 10.0 Å². The Balaban J connectivity index is 1.93. The van der Waals surface area contributed by atoms with E-state index in [1.54, 1.807) is 29.2 Å². The average molecular weight is 417 g/mol. The second-order valence-corrected chi connectivity index (χ2v) is 8.95. The van der Waals surface area contributed by atoms with E-state index in [4.69, 9.17) is 4.74 Å². The number of aryl methyl sites for hydroxylation is 3. The molecule has 0 saturated carbocycles. The van der Waals surface area contributed by atoms with E-state index in [0.717, 1.165) is 35.2 Å². The molecule has 1 aliphatic heterocycles. The highest BCUT2D eigenvalue weighted by molar-refractivity contribution is 7.92. The van der Waals surface area contributed by atoms with Crippen molar-refractivity contribution in [3.8, 4) is 5.75 Å². The van der Waals surface area contributed by atoms with Gasteiger partial charge in [0.1, 0.15) is 5.75 Å². The summed E-state index contributed by atoms with van der Waals surface area (Å²) in [6, 6.07) is 8.65. The van der Waals surface area contributed by atoms with Gasteiger partial charge in [-0.15, -0.1) is 0 Å². The highest BCUT2D eigenvalue weighted by atomic mass is 32.2. The quantitative estimate of drug-likeness (QED) is 0.766. The first-order valence-corrected chi connectivity index (χ1v) is 11.4. The molecule has 0 saturated heterocycles. The van der Waals surface area contributed by atoms with Crippen LogP contribution in [0.2, 0.25) is 0 Å². The van der Waals surface area contributed by atoms with Gasteiger partial charge in [0.25, 0.3) is 10.0 Å². The minimum absolute atomic E-state index is 0.0451. The molecule has 1 amide bonds. The summed E-state index contributed by atoms with van der Waals surface area (Å²) >= 11 is 0. The lowest BCUT2D eigenvalue weighted by atomic mass is 10.0. The van der Waals surface area contributed by atoms with Crippen molar-refractivity contribution in [2.75, 3.05) is 22.8 Å². The smallest absolute Gasteiger partial charge is 0.261 e. The fourth-order valence-electron chi connectivity index (χ4n) is 3.74. The van der Waals surface area contributed by atoms with Crippen LogP contribution in [0.3, 0.4) is 0 Å². The van der Waals surface area contributed by atoms with E-state index in [-0.39, 0.29) is 10.8 Å². The Bertz CT molecular complexity index is 1010. The van der Waals surface area contributed by atoms with Crippen molar-refractivity contribution >= 4 is 27.3 Å². The zero-order valence-corrected chi connectivity index (χ0v) is 18.2. The van der Waals surface area contributed by atoms with Gasteiger partial charge in [-0.05, 0) is 74.6 Å². The third-order valence-corrected chi connectivity index (χ3v) is 6.45. The number of nitrogens with zero attached hydrogens (tertiary/aromatic N) is 1. The first kappa shape index (κ1) is 21.2. The Morgan fingerprint density at radius 3 is 2.45 bits per heavy atom. The van der Waals surface area contributed by atoms with Crippen molar-refractivity contribution in [3.63, 3.8) is 0 Å². The number of benzene rings is 2. The molecule has 7 heteroatoms. The fourth-order valence-corrected chi connectivity index (χ4v) is 4.96. The number of carbonyl (C=O) groups excluding carboxylic acids is 1. The highest BCUT2D eigenvalue weighted by Gasteiger charge is 2.23. The van der Waals surface area contributed by atoms with Crippen LogP contribution >= 0.6 is 0 Å². The number of hydrogen-bond acceptors (Lipinski definition) is 4. The number of rotatable bonds is 6.